The van der Waals surface area contributed by atoms with Crippen molar-refractivity contribution in [2.24, 2.45) is 5.92 Å². The van der Waals surface area contributed by atoms with E-state index in [0.717, 1.165) is 43.2 Å². The lowest BCUT2D eigenvalue weighted by molar-refractivity contribution is -0.136. The number of benzene rings is 1. The summed E-state index contributed by atoms with van der Waals surface area (Å²) >= 11 is 0. The van der Waals surface area contributed by atoms with Crippen molar-refractivity contribution < 1.29 is 24.5 Å². The number of fused-ring (bicyclic) bond motifs is 1. The first-order valence-electron chi connectivity index (χ1n) is 13.0. The number of rotatable bonds is 5. The van der Waals surface area contributed by atoms with Crippen LogP contribution in [0.15, 0.2) is 18.2 Å². The first kappa shape index (κ1) is 22.1. The Kier molecular flexibility index (Phi) is 6.09. The van der Waals surface area contributed by atoms with E-state index in [1.165, 1.54) is 0 Å². The molecular weight excluding hydrogens is 440 g/mol. The second kappa shape index (κ2) is 9.36. The number of nitrogens with zero attached hydrogens (tertiary/aromatic N) is 1. The molecule has 1 aromatic carbocycles. The highest BCUT2D eigenvalue weighted by Crippen LogP contribution is 2.36. The van der Waals surface area contributed by atoms with Gasteiger partial charge in [-0.25, -0.2) is 8.78 Å². The topological polar surface area (TPSA) is 78.5 Å². The average molecular weight is 475 g/mol. The highest BCUT2D eigenvalue weighted by atomic mass is 19.3. The van der Waals surface area contributed by atoms with E-state index in [1.54, 1.807) is 4.90 Å². The standard InChI is InChI=1S/C26H33F2N3O3/c27-26(28)11-9-19(10-12-26)29-21-4-2-1-3-17(21)13-16-5-6-20-18(14-16)15-31(25(20)34)22-7-8-23(32)30-24(22)33/h5-6,14,17,19,21-22,29H,1-4,7-13,15H2,(H,30,32,33)/t17-,21+,22?/m1/s1/i19D. The van der Waals surface area contributed by atoms with E-state index >= 15 is 0 Å². The number of hydrogen-bond donors (Lipinski definition) is 2. The third-order valence-corrected chi connectivity index (χ3v) is 7.97. The zero-order valence-corrected chi connectivity index (χ0v) is 19.4. The molecule has 5 rings (SSSR count). The summed E-state index contributed by atoms with van der Waals surface area (Å²) in [6, 6.07) is 4.34. The van der Waals surface area contributed by atoms with E-state index in [9.17, 15) is 23.2 Å². The smallest absolute Gasteiger partial charge is 0.255 e. The van der Waals surface area contributed by atoms with Crippen molar-refractivity contribution >= 4 is 17.7 Å². The van der Waals surface area contributed by atoms with Gasteiger partial charge >= 0.3 is 0 Å². The fraction of sp³-hybridized carbons (Fsp3) is 0.654. The van der Waals surface area contributed by atoms with Crippen LogP contribution in [-0.2, 0) is 22.6 Å². The minimum absolute atomic E-state index is 0.114. The van der Waals surface area contributed by atoms with E-state index in [0.29, 0.717) is 24.4 Å². The van der Waals surface area contributed by atoms with E-state index in [1.807, 2.05) is 18.2 Å². The summed E-state index contributed by atoms with van der Waals surface area (Å²) in [6.07, 6.45) is 5.37. The Labute approximate surface area is 200 Å². The second-order valence-corrected chi connectivity index (χ2v) is 10.4. The lowest BCUT2D eigenvalue weighted by Crippen LogP contribution is -2.52. The van der Waals surface area contributed by atoms with Gasteiger partial charge in [0.05, 0.1) is 0 Å². The molecular formula is C26H33F2N3O3. The number of carbonyl (C=O) groups excluding carboxylic acids is 3. The van der Waals surface area contributed by atoms with Gasteiger partial charge in [-0.15, -0.1) is 0 Å². The third-order valence-electron chi connectivity index (χ3n) is 7.97. The van der Waals surface area contributed by atoms with Gasteiger partial charge in [0.15, 0.2) is 0 Å². The Hall–Kier alpha value is -2.35. The van der Waals surface area contributed by atoms with Crippen LogP contribution in [0.1, 0.15) is 87.1 Å². The van der Waals surface area contributed by atoms with Crippen molar-refractivity contribution in [1.82, 2.24) is 15.5 Å². The number of hydrogen-bond acceptors (Lipinski definition) is 4. The summed E-state index contributed by atoms with van der Waals surface area (Å²) < 4.78 is 36.0. The molecule has 1 saturated heterocycles. The fourth-order valence-corrected chi connectivity index (χ4v) is 6.02. The summed E-state index contributed by atoms with van der Waals surface area (Å²) in [5.41, 5.74) is 2.60. The van der Waals surface area contributed by atoms with Crippen LogP contribution in [0.2, 0.25) is 0 Å². The molecule has 0 radical (unpaired) electrons. The van der Waals surface area contributed by atoms with Crippen LogP contribution < -0.4 is 10.6 Å². The van der Waals surface area contributed by atoms with Gasteiger partial charge in [0.1, 0.15) is 6.04 Å². The van der Waals surface area contributed by atoms with Gasteiger partial charge in [0.2, 0.25) is 17.7 Å². The Morgan fingerprint density at radius 2 is 1.85 bits per heavy atom. The van der Waals surface area contributed by atoms with Gasteiger partial charge in [-0.1, -0.05) is 25.0 Å². The maximum Gasteiger partial charge on any atom is 0.255 e. The molecule has 2 aliphatic carbocycles. The summed E-state index contributed by atoms with van der Waals surface area (Å²) in [4.78, 5) is 38.3. The average Bonchev–Trinajstić information content (AvgIpc) is 3.13. The van der Waals surface area contributed by atoms with Crippen molar-refractivity contribution in [3.63, 3.8) is 0 Å². The van der Waals surface area contributed by atoms with Crippen LogP contribution in [0.3, 0.4) is 0 Å². The number of amides is 3. The Morgan fingerprint density at radius 3 is 2.62 bits per heavy atom. The largest absolute Gasteiger partial charge is 0.322 e. The second-order valence-electron chi connectivity index (χ2n) is 10.4. The maximum atomic E-state index is 13.6. The predicted octanol–water partition coefficient (Wildman–Crippen LogP) is 3.72. The van der Waals surface area contributed by atoms with Crippen molar-refractivity contribution in [3.05, 3.63) is 34.9 Å². The minimum Gasteiger partial charge on any atom is -0.322 e. The highest BCUT2D eigenvalue weighted by Gasteiger charge is 2.40. The van der Waals surface area contributed by atoms with E-state index in [4.69, 9.17) is 1.37 Å². The van der Waals surface area contributed by atoms with Crippen LogP contribution in [0.25, 0.3) is 0 Å². The molecule has 3 amide bonds. The Bertz CT molecular complexity index is 1020. The molecule has 2 aliphatic heterocycles. The third kappa shape index (κ3) is 4.88. The molecule has 8 heteroatoms. The Balaban J connectivity index is 1.26. The lowest BCUT2D eigenvalue weighted by Gasteiger charge is -2.38. The zero-order valence-electron chi connectivity index (χ0n) is 20.4. The van der Waals surface area contributed by atoms with Crippen LogP contribution in [-0.4, -0.2) is 46.6 Å². The maximum absolute atomic E-state index is 13.6. The van der Waals surface area contributed by atoms with Gasteiger partial charge < -0.3 is 10.2 Å². The fourth-order valence-electron chi connectivity index (χ4n) is 6.02. The predicted molar refractivity (Wildman–Crippen MR) is 122 cm³/mol. The molecule has 1 unspecified atom stereocenters. The number of alkyl halides is 2. The molecule has 2 heterocycles. The molecule has 6 nitrogen and oxygen atoms in total. The molecule has 2 saturated carbocycles. The molecule has 34 heavy (non-hydrogen) atoms. The molecule has 1 aromatic rings. The van der Waals surface area contributed by atoms with Gasteiger partial charge in [-0.3, -0.25) is 19.7 Å². The van der Waals surface area contributed by atoms with Crippen LogP contribution in [0.4, 0.5) is 8.78 Å². The molecule has 184 valence electrons. The van der Waals surface area contributed by atoms with Gasteiger partial charge in [0, 0.05) is 44.8 Å². The minimum atomic E-state index is -2.65. The lowest BCUT2D eigenvalue weighted by atomic mass is 9.79. The zero-order chi connectivity index (χ0) is 24.8. The number of carbonyl (C=O) groups is 3. The summed E-state index contributed by atoms with van der Waals surface area (Å²) in [5, 5.41) is 5.79. The van der Waals surface area contributed by atoms with Crippen LogP contribution in [0, 0.1) is 5.92 Å². The number of imide groups is 1. The molecule has 0 aromatic heterocycles. The first-order valence-corrected chi connectivity index (χ1v) is 12.5. The van der Waals surface area contributed by atoms with E-state index in [-0.39, 0.29) is 50.0 Å². The van der Waals surface area contributed by atoms with Crippen molar-refractivity contribution in [2.45, 2.75) is 101 Å². The van der Waals surface area contributed by atoms with E-state index in [2.05, 4.69) is 10.6 Å². The highest BCUT2D eigenvalue weighted by molar-refractivity contribution is 6.05. The number of halogens is 2. The quantitative estimate of drug-likeness (QED) is 0.638. The van der Waals surface area contributed by atoms with Crippen molar-refractivity contribution in [3.8, 4) is 0 Å². The van der Waals surface area contributed by atoms with Crippen LogP contribution in [0.5, 0.6) is 0 Å². The molecule has 0 bridgehead atoms. The summed E-state index contributed by atoms with van der Waals surface area (Å²) in [6.45, 7) is 0.352. The van der Waals surface area contributed by atoms with Crippen LogP contribution >= 0.6 is 0 Å². The van der Waals surface area contributed by atoms with Gasteiger partial charge in [-0.05, 0) is 61.6 Å². The molecule has 3 fully saturated rings. The van der Waals surface area contributed by atoms with Gasteiger partial charge in [-0.2, -0.15) is 0 Å². The summed E-state index contributed by atoms with van der Waals surface area (Å²) in [5.74, 6) is -3.24. The normalized spacial score (nSPS) is 31.1. The summed E-state index contributed by atoms with van der Waals surface area (Å²) in [7, 11) is 0. The van der Waals surface area contributed by atoms with Crippen molar-refractivity contribution in [2.75, 3.05) is 0 Å². The number of piperidine rings is 1. The monoisotopic (exact) mass is 474 g/mol. The number of nitrogens with one attached hydrogen (secondary N) is 2. The van der Waals surface area contributed by atoms with E-state index < -0.39 is 23.9 Å². The molecule has 0 spiro atoms. The van der Waals surface area contributed by atoms with Crippen molar-refractivity contribution in [1.29, 1.82) is 0 Å². The SMILES string of the molecule is [2H]C1(N[C@H]2CCCC[C@@H]2Cc2ccc3c(c2)CN(C2CCC(=O)NC2=O)C3=O)CCC(F)(F)CC1. The Morgan fingerprint density at radius 1 is 1.09 bits per heavy atom. The molecule has 4 aliphatic rings. The first-order chi connectivity index (χ1) is 16.6. The molecule has 2 N–H and O–H groups in total. The molecule has 3 atom stereocenters. The van der Waals surface area contributed by atoms with Gasteiger partial charge in [0.25, 0.3) is 5.91 Å².